The highest BCUT2D eigenvalue weighted by atomic mass is 15.3. The molecule has 2 aliphatic heterocycles. The zero-order valence-electron chi connectivity index (χ0n) is 17.4. The van der Waals surface area contributed by atoms with Gasteiger partial charge in [-0.3, -0.25) is 9.67 Å². The summed E-state index contributed by atoms with van der Waals surface area (Å²) in [5, 5.41) is 11.4. The van der Waals surface area contributed by atoms with Gasteiger partial charge in [0.25, 0.3) is 0 Å². The summed E-state index contributed by atoms with van der Waals surface area (Å²) in [6, 6.07) is 9.11. The van der Waals surface area contributed by atoms with Crippen LogP contribution in [0.2, 0.25) is 0 Å². The fourth-order valence-electron chi connectivity index (χ4n) is 4.03. The van der Waals surface area contributed by atoms with Gasteiger partial charge in [0.05, 0.1) is 11.9 Å². The molecule has 2 aliphatic rings. The van der Waals surface area contributed by atoms with Crippen LogP contribution in [0.1, 0.15) is 18.4 Å². The standard InChI is InChI=1S/C22H31N7/c1-23-22(24-14-18-7-5-9-20(13-18)28-10-3-4-11-28)26-19-8-6-12-29(16-19)21-15-25-27(2)17-21/h3-5,7,9,13,15,17,19H,6,8,10-12,14,16H2,1-2H3,(H2,23,24,26). The summed E-state index contributed by atoms with van der Waals surface area (Å²) < 4.78 is 1.86. The molecular weight excluding hydrogens is 362 g/mol. The molecule has 1 aromatic heterocycles. The minimum absolute atomic E-state index is 0.372. The molecule has 3 heterocycles. The molecule has 1 atom stereocenters. The first kappa shape index (κ1) is 19.4. The number of hydrogen-bond donors (Lipinski definition) is 2. The van der Waals surface area contributed by atoms with Gasteiger partial charge in [0.2, 0.25) is 0 Å². The van der Waals surface area contributed by atoms with Crippen molar-refractivity contribution in [3.63, 3.8) is 0 Å². The lowest BCUT2D eigenvalue weighted by atomic mass is 10.1. The number of rotatable bonds is 5. The molecule has 0 aliphatic carbocycles. The third-order valence-electron chi connectivity index (χ3n) is 5.60. The molecule has 2 N–H and O–H groups in total. The minimum Gasteiger partial charge on any atom is -0.367 e. The Balaban J connectivity index is 1.31. The van der Waals surface area contributed by atoms with Gasteiger partial charge in [0.15, 0.2) is 5.96 Å². The normalized spacial score (nSPS) is 19.7. The average molecular weight is 394 g/mol. The molecule has 7 heteroatoms. The van der Waals surface area contributed by atoms with E-state index in [0.717, 1.165) is 51.5 Å². The van der Waals surface area contributed by atoms with Crippen molar-refractivity contribution in [2.45, 2.75) is 25.4 Å². The number of piperidine rings is 1. The Morgan fingerprint density at radius 2 is 2.07 bits per heavy atom. The molecule has 1 unspecified atom stereocenters. The lowest BCUT2D eigenvalue weighted by Gasteiger charge is -2.34. The Labute approximate surface area is 173 Å². The Morgan fingerprint density at radius 3 is 2.83 bits per heavy atom. The van der Waals surface area contributed by atoms with Crippen molar-refractivity contribution in [2.24, 2.45) is 12.0 Å². The van der Waals surface area contributed by atoms with Crippen molar-refractivity contribution in [1.82, 2.24) is 20.4 Å². The van der Waals surface area contributed by atoms with Gasteiger partial charge in [0, 0.05) is 64.7 Å². The Morgan fingerprint density at radius 1 is 1.21 bits per heavy atom. The second kappa shape index (κ2) is 9.03. The molecule has 0 saturated carbocycles. The third kappa shape index (κ3) is 4.91. The molecule has 4 rings (SSSR count). The molecule has 2 aromatic rings. The van der Waals surface area contributed by atoms with Gasteiger partial charge in [-0.05, 0) is 30.5 Å². The highest BCUT2D eigenvalue weighted by molar-refractivity contribution is 5.80. The first-order valence-corrected chi connectivity index (χ1v) is 10.4. The van der Waals surface area contributed by atoms with Crippen LogP contribution < -0.4 is 20.4 Å². The van der Waals surface area contributed by atoms with Crippen LogP contribution in [0.4, 0.5) is 11.4 Å². The van der Waals surface area contributed by atoms with E-state index < -0.39 is 0 Å². The lowest BCUT2D eigenvalue weighted by Crippen LogP contribution is -2.51. The summed E-state index contributed by atoms with van der Waals surface area (Å²) in [4.78, 5) is 9.20. The summed E-state index contributed by atoms with van der Waals surface area (Å²) in [7, 11) is 3.80. The van der Waals surface area contributed by atoms with E-state index in [1.165, 1.54) is 16.9 Å². The first-order chi connectivity index (χ1) is 14.2. The van der Waals surface area contributed by atoms with Crippen LogP contribution in [0.5, 0.6) is 0 Å². The van der Waals surface area contributed by atoms with Crippen molar-refractivity contribution < 1.29 is 0 Å². The second-order valence-corrected chi connectivity index (χ2v) is 7.77. The number of benzene rings is 1. The molecule has 0 amide bonds. The summed E-state index contributed by atoms with van der Waals surface area (Å²) in [5.74, 6) is 0.858. The Kier molecular flexibility index (Phi) is 6.03. The molecule has 1 fully saturated rings. The van der Waals surface area contributed by atoms with Gasteiger partial charge >= 0.3 is 0 Å². The monoisotopic (exact) mass is 393 g/mol. The SMILES string of the molecule is CN=C(NCc1cccc(N2CC=CC2)c1)NC1CCCN(c2cnn(C)c2)C1. The maximum atomic E-state index is 4.44. The zero-order chi connectivity index (χ0) is 20.1. The highest BCUT2D eigenvalue weighted by Crippen LogP contribution is 2.20. The zero-order valence-corrected chi connectivity index (χ0v) is 17.4. The van der Waals surface area contributed by atoms with Crippen LogP contribution in [0.3, 0.4) is 0 Å². The van der Waals surface area contributed by atoms with Crippen molar-refractivity contribution in [1.29, 1.82) is 0 Å². The summed E-state index contributed by atoms with van der Waals surface area (Å²) in [6.07, 6.45) is 10.8. The highest BCUT2D eigenvalue weighted by Gasteiger charge is 2.21. The van der Waals surface area contributed by atoms with Crippen molar-refractivity contribution in [3.05, 3.63) is 54.4 Å². The maximum Gasteiger partial charge on any atom is 0.191 e. The molecule has 7 nitrogen and oxygen atoms in total. The van der Waals surface area contributed by atoms with Crippen molar-refractivity contribution in [2.75, 3.05) is 43.0 Å². The summed E-state index contributed by atoms with van der Waals surface area (Å²) >= 11 is 0. The number of anilines is 2. The predicted octanol–water partition coefficient (Wildman–Crippen LogP) is 2.13. The van der Waals surface area contributed by atoms with E-state index in [1.54, 1.807) is 0 Å². The van der Waals surface area contributed by atoms with Gasteiger partial charge in [-0.2, -0.15) is 5.10 Å². The molecule has 1 aromatic carbocycles. The maximum absolute atomic E-state index is 4.44. The van der Waals surface area contributed by atoms with Crippen LogP contribution in [0, 0.1) is 0 Å². The van der Waals surface area contributed by atoms with Gasteiger partial charge in [-0.25, -0.2) is 0 Å². The summed E-state index contributed by atoms with van der Waals surface area (Å²) in [5.41, 5.74) is 3.73. The smallest absolute Gasteiger partial charge is 0.191 e. The number of aliphatic imine (C=N–C) groups is 1. The molecule has 0 radical (unpaired) electrons. The van der Waals surface area contributed by atoms with E-state index in [0.29, 0.717) is 6.04 Å². The second-order valence-electron chi connectivity index (χ2n) is 7.77. The largest absolute Gasteiger partial charge is 0.367 e. The molecule has 0 spiro atoms. The molecule has 1 saturated heterocycles. The molecule has 0 bridgehead atoms. The van der Waals surface area contributed by atoms with Crippen LogP contribution >= 0.6 is 0 Å². The molecular formula is C22H31N7. The lowest BCUT2D eigenvalue weighted by molar-refractivity contribution is 0.468. The van der Waals surface area contributed by atoms with E-state index in [-0.39, 0.29) is 0 Å². The topological polar surface area (TPSA) is 60.7 Å². The van der Waals surface area contributed by atoms with E-state index in [2.05, 4.69) is 73.1 Å². The quantitative estimate of drug-likeness (QED) is 0.463. The van der Waals surface area contributed by atoms with E-state index in [4.69, 9.17) is 0 Å². The average Bonchev–Trinajstić information content (AvgIpc) is 3.43. The van der Waals surface area contributed by atoms with Crippen molar-refractivity contribution in [3.8, 4) is 0 Å². The fourth-order valence-corrected chi connectivity index (χ4v) is 4.03. The van der Waals surface area contributed by atoms with E-state index in [1.807, 2.05) is 25.0 Å². The molecule has 154 valence electrons. The number of nitrogens with one attached hydrogen (secondary N) is 2. The van der Waals surface area contributed by atoms with Gasteiger partial charge in [0.1, 0.15) is 0 Å². The molecule has 29 heavy (non-hydrogen) atoms. The van der Waals surface area contributed by atoms with Gasteiger partial charge in [-0.1, -0.05) is 24.3 Å². The summed E-state index contributed by atoms with van der Waals surface area (Å²) in [6.45, 7) is 4.79. The number of hydrogen-bond acceptors (Lipinski definition) is 4. The predicted molar refractivity (Wildman–Crippen MR) is 120 cm³/mol. The first-order valence-electron chi connectivity index (χ1n) is 10.4. The number of aromatic nitrogens is 2. The number of aryl methyl sites for hydroxylation is 1. The number of nitrogens with zero attached hydrogens (tertiary/aromatic N) is 5. The number of guanidine groups is 1. The van der Waals surface area contributed by atoms with E-state index in [9.17, 15) is 0 Å². The van der Waals surface area contributed by atoms with Crippen LogP contribution in [0.25, 0.3) is 0 Å². The fraction of sp³-hybridized carbons (Fsp3) is 0.455. The van der Waals surface area contributed by atoms with Gasteiger partial charge in [-0.15, -0.1) is 0 Å². The van der Waals surface area contributed by atoms with Crippen molar-refractivity contribution >= 4 is 17.3 Å². The third-order valence-corrected chi connectivity index (χ3v) is 5.60. The minimum atomic E-state index is 0.372. The Bertz CT molecular complexity index is 862. The Hall–Kier alpha value is -2.96. The van der Waals surface area contributed by atoms with Crippen LogP contribution in [0.15, 0.2) is 53.8 Å². The van der Waals surface area contributed by atoms with Crippen LogP contribution in [-0.4, -0.2) is 55.0 Å². The van der Waals surface area contributed by atoms with Crippen LogP contribution in [-0.2, 0) is 13.6 Å². The van der Waals surface area contributed by atoms with Gasteiger partial charge < -0.3 is 20.4 Å². The van der Waals surface area contributed by atoms with E-state index >= 15 is 0 Å².